The molecule has 1 aromatic rings. The number of hydrogen-bond acceptors (Lipinski definition) is 4. The predicted octanol–water partition coefficient (Wildman–Crippen LogP) is 2.24. The first-order valence-electron chi connectivity index (χ1n) is 9.44. The Kier molecular flexibility index (Phi) is 5.97. The second kappa shape index (κ2) is 8.19. The lowest BCUT2D eigenvalue weighted by Crippen LogP contribution is -2.52. The van der Waals surface area contributed by atoms with Gasteiger partial charge in [-0.15, -0.1) is 0 Å². The molecule has 1 aromatic carbocycles. The van der Waals surface area contributed by atoms with E-state index in [0.717, 1.165) is 57.9 Å². The summed E-state index contributed by atoms with van der Waals surface area (Å²) >= 11 is 0. The standard InChI is InChI=1S/C20H31N3O2/c1-16(18-8-4-5-9-19(18)25-3)22-11-13-23(14-12-22)20(24)17-7-6-10-21(2)15-17/h4-5,8-9,16-17H,6-7,10-15H2,1-3H3/t16-,17+/m1/s1. The number of hydrogen-bond donors (Lipinski definition) is 0. The second-order valence-corrected chi connectivity index (χ2v) is 7.38. The largest absolute Gasteiger partial charge is 0.496 e. The smallest absolute Gasteiger partial charge is 0.227 e. The Morgan fingerprint density at radius 2 is 1.88 bits per heavy atom. The Labute approximate surface area is 151 Å². The van der Waals surface area contributed by atoms with Gasteiger partial charge < -0.3 is 14.5 Å². The molecule has 138 valence electrons. The molecule has 0 aromatic heterocycles. The van der Waals surface area contributed by atoms with Gasteiger partial charge in [-0.05, 0) is 39.4 Å². The SMILES string of the molecule is COc1ccccc1[C@@H](C)N1CCN(C(=O)[C@H]2CCCN(C)C2)CC1. The molecule has 0 aliphatic carbocycles. The van der Waals surface area contributed by atoms with E-state index in [-0.39, 0.29) is 5.92 Å². The zero-order chi connectivity index (χ0) is 17.8. The summed E-state index contributed by atoms with van der Waals surface area (Å²) in [5.74, 6) is 1.49. The van der Waals surface area contributed by atoms with E-state index < -0.39 is 0 Å². The summed E-state index contributed by atoms with van der Waals surface area (Å²) in [6.07, 6.45) is 2.18. The highest BCUT2D eigenvalue weighted by Gasteiger charge is 2.31. The average molecular weight is 345 g/mol. The molecule has 1 amide bonds. The van der Waals surface area contributed by atoms with Crippen LogP contribution in [0.3, 0.4) is 0 Å². The van der Waals surface area contributed by atoms with Crippen molar-refractivity contribution < 1.29 is 9.53 Å². The third kappa shape index (κ3) is 4.15. The molecule has 2 aliphatic rings. The maximum absolute atomic E-state index is 12.8. The first kappa shape index (κ1) is 18.2. The maximum atomic E-state index is 12.8. The molecule has 0 radical (unpaired) electrons. The molecular formula is C20H31N3O2. The number of likely N-dealkylation sites (tertiary alicyclic amines) is 1. The number of methoxy groups -OCH3 is 1. The topological polar surface area (TPSA) is 36.0 Å². The Morgan fingerprint density at radius 3 is 2.56 bits per heavy atom. The first-order chi connectivity index (χ1) is 12.1. The van der Waals surface area contributed by atoms with Gasteiger partial charge in [0.05, 0.1) is 13.0 Å². The fourth-order valence-electron chi connectivity index (χ4n) is 4.16. The lowest BCUT2D eigenvalue weighted by Gasteiger charge is -2.40. The van der Waals surface area contributed by atoms with E-state index in [1.165, 1.54) is 5.56 Å². The van der Waals surface area contributed by atoms with Crippen molar-refractivity contribution in [3.05, 3.63) is 29.8 Å². The van der Waals surface area contributed by atoms with Gasteiger partial charge in [0.2, 0.25) is 5.91 Å². The molecule has 5 nitrogen and oxygen atoms in total. The fourth-order valence-corrected chi connectivity index (χ4v) is 4.16. The van der Waals surface area contributed by atoms with Crippen molar-refractivity contribution >= 4 is 5.91 Å². The lowest BCUT2D eigenvalue weighted by molar-refractivity contribution is -0.139. The molecule has 3 rings (SSSR count). The van der Waals surface area contributed by atoms with Crippen molar-refractivity contribution in [2.24, 2.45) is 5.92 Å². The highest BCUT2D eigenvalue weighted by molar-refractivity contribution is 5.79. The summed E-state index contributed by atoms with van der Waals surface area (Å²) in [6, 6.07) is 8.53. The Morgan fingerprint density at radius 1 is 1.16 bits per heavy atom. The van der Waals surface area contributed by atoms with Crippen molar-refractivity contribution in [3.63, 3.8) is 0 Å². The number of para-hydroxylation sites is 1. The van der Waals surface area contributed by atoms with Crippen molar-refractivity contribution in [1.82, 2.24) is 14.7 Å². The lowest BCUT2D eigenvalue weighted by atomic mass is 9.96. The highest BCUT2D eigenvalue weighted by Crippen LogP contribution is 2.29. The van der Waals surface area contributed by atoms with Crippen LogP contribution in [0.1, 0.15) is 31.4 Å². The van der Waals surface area contributed by atoms with Gasteiger partial charge in [-0.1, -0.05) is 18.2 Å². The van der Waals surface area contributed by atoms with Crippen LogP contribution in [0.5, 0.6) is 5.75 Å². The third-order valence-corrected chi connectivity index (χ3v) is 5.74. The van der Waals surface area contributed by atoms with Crippen LogP contribution < -0.4 is 4.74 Å². The Bertz CT molecular complexity index is 584. The minimum Gasteiger partial charge on any atom is -0.496 e. The summed E-state index contributed by atoms with van der Waals surface area (Å²) in [5.41, 5.74) is 1.22. The summed E-state index contributed by atoms with van der Waals surface area (Å²) in [7, 11) is 3.84. The van der Waals surface area contributed by atoms with Gasteiger partial charge in [-0.2, -0.15) is 0 Å². The quantitative estimate of drug-likeness (QED) is 0.839. The molecule has 2 atom stereocenters. The summed E-state index contributed by atoms with van der Waals surface area (Å²) in [4.78, 5) is 19.6. The molecule has 0 bridgehead atoms. The van der Waals surface area contributed by atoms with Crippen LogP contribution in [0.15, 0.2) is 24.3 Å². The highest BCUT2D eigenvalue weighted by atomic mass is 16.5. The van der Waals surface area contributed by atoms with Crippen LogP contribution in [0.2, 0.25) is 0 Å². The van der Waals surface area contributed by atoms with Gasteiger partial charge in [0.15, 0.2) is 0 Å². The minimum atomic E-state index is 0.192. The summed E-state index contributed by atoms with van der Waals surface area (Å²) in [5, 5.41) is 0. The van der Waals surface area contributed by atoms with Gasteiger partial charge >= 0.3 is 0 Å². The van der Waals surface area contributed by atoms with Crippen molar-refractivity contribution in [3.8, 4) is 5.75 Å². The van der Waals surface area contributed by atoms with E-state index in [2.05, 4.69) is 40.8 Å². The molecule has 0 N–H and O–H groups in total. The van der Waals surface area contributed by atoms with Gasteiger partial charge in [0.1, 0.15) is 5.75 Å². The zero-order valence-electron chi connectivity index (χ0n) is 15.8. The van der Waals surface area contributed by atoms with Crippen LogP contribution >= 0.6 is 0 Å². The third-order valence-electron chi connectivity index (χ3n) is 5.74. The second-order valence-electron chi connectivity index (χ2n) is 7.38. The number of carbonyl (C=O) groups excluding carboxylic acids is 1. The van der Waals surface area contributed by atoms with Gasteiger partial charge in [-0.25, -0.2) is 0 Å². The summed E-state index contributed by atoms with van der Waals surface area (Å²) in [6.45, 7) is 7.77. The van der Waals surface area contributed by atoms with Gasteiger partial charge in [0, 0.05) is 44.3 Å². The van der Waals surface area contributed by atoms with Gasteiger partial charge in [-0.3, -0.25) is 9.69 Å². The summed E-state index contributed by atoms with van der Waals surface area (Å²) < 4.78 is 5.51. The van der Waals surface area contributed by atoms with Crippen molar-refractivity contribution in [2.75, 3.05) is 53.4 Å². The average Bonchev–Trinajstić information content (AvgIpc) is 2.67. The predicted molar refractivity (Wildman–Crippen MR) is 99.8 cm³/mol. The van der Waals surface area contributed by atoms with Crippen LogP contribution in [0, 0.1) is 5.92 Å². The van der Waals surface area contributed by atoms with Gasteiger partial charge in [0.25, 0.3) is 0 Å². The number of piperazine rings is 1. The molecule has 5 heteroatoms. The Balaban J connectivity index is 1.57. The number of carbonyl (C=O) groups is 1. The maximum Gasteiger partial charge on any atom is 0.227 e. The molecule has 0 saturated carbocycles. The first-order valence-corrected chi connectivity index (χ1v) is 9.44. The van der Waals surface area contributed by atoms with Crippen LogP contribution in [-0.2, 0) is 4.79 Å². The molecule has 0 spiro atoms. The number of rotatable bonds is 4. The van der Waals surface area contributed by atoms with Crippen LogP contribution in [-0.4, -0.2) is 74.0 Å². The number of nitrogens with zero attached hydrogens (tertiary/aromatic N) is 3. The van der Waals surface area contributed by atoms with E-state index in [1.54, 1.807) is 7.11 Å². The molecule has 2 aliphatic heterocycles. The zero-order valence-corrected chi connectivity index (χ0v) is 15.8. The number of ether oxygens (including phenoxy) is 1. The molecule has 25 heavy (non-hydrogen) atoms. The van der Waals surface area contributed by atoms with E-state index in [9.17, 15) is 4.79 Å². The van der Waals surface area contributed by atoms with E-state index in [1.807, 2.05) is 12.1 Å². The van der Waals surface area contributed by atoms with E-state index >= 15 is 0 Å². The van der Waals surface area contributed by atoms with Crippen molar-refractivity contribution in [1.29, 1.82) is 0 Å². The molecule has 0 unspecified atom stereocenters. The fraction of sp³-hybridized carbons (Fsp3) is 0.650. The van der Waals surface area contributed by atoms with E-state index in [4.69, 9.17) is 4.74 Å². The normalized spacial score (nSPS) is 24.1. The van der Waals surface area contributed by atoms with E-state index in [0.29, 0.717) is 11.9 Å². The minimum absolute atomic E-state index is 0.192. The molecular weight excluding hydrogens is 314 g/mol. The molecule has 2 heterocycles. The van der Waals surface area contributed by atoms with Crippen LogP contribution in [0.25, 0.3) is 0 Å². The molecule has 2 fully saturated rings. The number of benzene rings is 1. The monoisotopic (exact) mass is 345 g/mol. The number of amides is 1. The number of piperidine rings is 1. The molecule has 2 saturated heterocycles. The van der Waals surface area contributed by atoms with Crippen molar-refractivity contribution in [2.45, 2.75) is 25.8 Å². The Hall–Kier alpha value is -1.59. The van der Waals surface area contributed by atoms with Crippen LogP contribution in [0.4, 0.5) is 0 Å².